The van der Waals surface area contributed by atoms with E-state index < -0.39 is 29.4 Å². The number of benzene rings is 2. The van der Waals surface area contributed by atoms with Gasteiger partial charge in [0.2, 0.25) is 0 Å². The molecule has 2 heterocycles. The zero-order valence-corrected chi connectivity index (χ0v) is 16.0. The van der Waals surface area contributed by atoms with Gasteiger partial charge in [-0.15, -0.1) is 5.10 Å². The van der Waals surface area contributed by atoms with Gasteiger partial charge in [-0.1, -0.05) is 42.5 Å². The molecule has 0 spiro atoms. The Morgan fingerprint density at radius 2 is 1.33 bits per heavy atom. The van der Waals surface area contributed by atoms with Gasteiger partial charge in [-0.25, -0.2) is 9.59 Å². The van der Waals surface area contributed by atoms with Crippen molar-refractivity contribution < 1.29 is 28.7 Å². The van der Waals surface area contributed by atoms with Crippen molar-refractivity contribution in [2.24, 2.45) is 0 Å². The van der Waals surface area contributed by atoms with Gasteiger partial charge in [0, 0.05) is 5.56 Å². The predicted molar refractivity (Wildman–Crippen MR) is 104 cm³/mol. The first-order chi connectivity index (χ1) is 14.5. The Hall–Kier alpha value is -4.27. The van der Waals surface area contributed by atoms with Gasteiger partial charge in [0.1, 0.15) is 11.3 Å². The molecule has 1 aliphatic heterocycles. The van der Waals surface area contributed by atoms with Crippen molar-refractivity contribution in [3.63, 3.8) is 0 Å². The molecule has 0 fully saturated rings. The monoisotopic (exact) mass is 405 g/mol. The highest BCUT2D eigenvalue weighted by Gasteiger charge is 2.42. The Balaban J connectivity index is 2.00. The smallest absolute Gasteiger partial charge is 0.359 e. The molecule has 150 valence electrons. The lowest BCUT2D eigenvalue weighted by atomic mass is 10.1. The van der Waals surface area contributed by atoms with E-state index in [4.69, 9.17) is 9.47 Å². The van der Waals surface area contributed by atoms with Crippen LogP contribution in [0.1, 0.15) is 41.6 Å². The third-order valence-corrected chi connectivity index (χ3v) is 4.65. The number of aromatic nitrogens is 2. The molecule has 2 aromatic carbocycles. The number of carbonyl (C=O) groups is 4. The average molecular weight is 405 g/mol. The summed E-state index contributed by atoms with van der Waals surface area (Å²) in [6.07, 6.45) is 0. The molecule has 2 amide bonds. The number of esters is 2. The molecule has 0 unspecified atom stereocenters. The summed E-state index contributed by atoms with van der Waals surface area (Å²) in [6.45, 7) is 0. The number of rotatable bonds is 4. The molecule has 1 aliphatic rings. The molecule has 0 radical (unpaired) electrons. The lowest BCUT2D eigenvalue weighted by molar-refractivity contribution is 0.0545. The summed E-state index contributed by atoms with van der Waals surface area (Å²) >= 11 is 0. The SMILES string of the molecule is COC(=O)c1c(-c2ccccc2)nn(N2C(=O)c3ccccc3C2=O)c1C(=O)OC. The van der Waals surface area contributed by atoms with Crippen molar-refractivity contribution in [1.29, 1.82) is 0 Å². The maximum atomic E-state index is 12.9. The number of amides is 2. The van der Waals surface area contributed by atoms with Gasteiger partial charge < -0.3 is 9.47 Å². The Bertz CT molecular complexity index is 1160. The maximum Gasteiger partial charge on any atom is 0.359 e. The summed E-state index contributed by atoms with van der Waals surface area (Å²) in [6, 6.07) is 14.8. The van der Waals surface area contributed by atoms with Gasteiger partial charge in [-0.3, -0.25) is 9.59 Å². The third kappa shape index (κ3) is 2.75. The maximum absolute atomic E-state index is 12.9. The van der Waals surface area contributed by atoms with Crippen LogP contribution in [0.15, 0.2) is 54.6 Å². The highest BCUT2D eigenvalue weighted by atomic mass is 16.5. The summed E-state index contributed by atoms with van der Waals surface area (Å²) in [5, 5.41) is 4.99. The molecular formula is C21H15N3O6. The zero-order chi connectivity index (χ0) is 21.4. The average Bonchev–Trinajstić information content (AvgIpc) is 3.29. The number of hydrogen-bond donors (Lipinski definition) is 0. The quantitative estimate of drug-likeness (QED) is 0.483. The van der Waals surface area contributed by atoms with Crippen LogP contribution in [0.2, 0.25) is 0 Å². The van der Waals surface area contributed by atoms with E-state index in [1.54, 1.807) is 42.5 Å². The van der Waals surface area contributed by atoms with Crippen LogP contribution >= 0.6 is 0 Å². The fraction of sp³-hybridized carbons (Fsp3) is 0.0952. The Kier molecular flexibility index (Phi) is 4.63. The van der Waals surface area contributed by atoms with Gasteiger partial charge in [0.15, 0.2) is 5.69 Å². The number of ether oxygens (including phenoxy) is 2. The second-order valence-electron chi connectivity index (χ2n) is 6.28. The molecule has 9 heteroatoms. The van der Waals surface area contributed by atoms with Crippen LogP contribution in [0.5, 0.6) is 0 Å². The summed E-state index contributed by atoms with van der Waals surface area (Å²) in [5.74, 6) is -3.18. The number of methoxy groups -OCH3 is 2. The van der Waals surface area contributed by atoms with Crippen molar-refractivity contribution in [1.82, 2.24) is 9.89 Å². The Morgan fingerprint density at radius 3 is 1.87 bits per heavy atom. The second kappa shape index (κ2) is 7.28. The second-order valence-corrected chi connectivity index (χ2v) is 6.28. The number of fused-ring (bicyclic) bond motifs is 1. The zero-order valence-electron chi connectivity index (χ0n) is 16.0. The van der Waals surface area contributed by atoms with E-state index in [9.17, 15) is 19.2 Å². The topological polar surface area (TPSA) is 108 Å². The van der Waals surface area contributed by atoms with Crippen LogP contribution in [0.4, 0.5) is 0 Å². The van der Waals surface area contributed by atoms with E-state index in [1.807, 2.05) is 0 Å². The Labute approximate surface area is 170 Å². The fourth-order valence-corrected chi connectivity index (χ4v) is 3.27. The number of nitrogens with zero attached hydrogens (tertiary/aromatic N) is 3. The van der Waals surface area contributed by atoms with Gasteiger partial charge >= 0.3 is 11.9 Å². The third-order valence-electron chi connectivity index (χ3n) is 4.65. The van der Waals surface area contributed by atoms with Crippen LogP contribution in [0, 0.1) is 0 Å². The molecule has 3 aromatic rings. The molecule has 0 saturated carbocycles. The number of carbonyl (C=O) groups excluding carboxylic acids is 4. The minimum absolute atomic E-state index is 0.0689. The van der Waals surface area contributed by atoms with Crippen molar-refractivity contribution in [3.05, 3.63) is 77.0 Å². The van der Waals surface area contributed by atoms with Gasteiger partial charge in [-0.05, 0) is 12.1 Å². The summed E-state index contributed by atoms with van der Waals surface area (Å²) in [5.41, 5.74) is 0.270. The van der Waals surface area contributed by atoms with Crippen molar-refractivity contribution >= 4 is 23.8 Å². The van der Waals surface area contributed by atoms with Gasteiger partial charge in [0.05, 0.1) is 25.3 Å². The van der Waals surface area contributed by atoms with E-state index in [2.05, 4.69) is 5.10 Å². The molecule has 0 saturated heterocycles. The lowest BCUT2D eigenvalue weighted by Crippen LogP contribution is -2.42. The molecule has 0 N–H and O–H groups in total. The lowest BCUT2D eigenvalue weighted by Gasteiger charge is -2.16. The molecule has 0 atom stereocenters. The van der Waals surface area contributed by atoms with Crippen molar-refractivity contribution in [2.45, 2.75) is 0 Å². The van der Waals surface area contributed by atoms with E-state index in [-0.39, 0.29) is 22.4 Å². The normalized spacial score (nSPS) is 12.7. The molecular weight excluding hydrogens is 390 g/mol. The fourth-order valence-electron chi connectivity index (χ4n) is 3.27. The van der Waals surface area contributed by atoms with Gasteiger partial charge in [0.25, 0.3) is 11.8 Å². The number of hydrogen-bond acceptors (Lipinski definition) is 7. The summed E-state index contributed by atoms with van der Waals surface area (Å²) in [7, 11) is 2.27. The van der Waals surface area contributed by atoms with E-state index in [0.29, 0.717) is 10.6 Å². The van der Waals surface area contributed by atoms with Crippen molar-refractivity contribution in [2.75, 3.05) is 19.2 Å². The first-order valence-electron chi connectivity index (χ1n) is 8.82. The highest BCUT2D eigenvalue weighted by molar-refractivity contribution is 6.31. The summed E-state index contributed by atoms with van der Waals surface area (Å²) < 4.78 is 9.65. The van der Waals surface area contributed by atoms with Crippen LogP contribution in [0.3, 0.4) is 0 Å². The minimum Gasteiger partial charge on any atom is -0.465 e. The molecule has 0 aliphatic carbocycles. The van der Waals surface area contributed by atoms with E-state index in [1.165, 1.54) is 12.1 Å². The van der Waals surface area contributed by atoms with Crippen LogP contribution < -0.4 is 5.01 Å². The standard InChI is InChI=1S/C21H15N3O6/c1-29-20(27)15-16(12-8-4-3-5-9-12)22-24(17(15)21(28)30-2)23-18(25)13-10-6-7-11-14(13)19(23)26/h3-11H,1-2H3. The Morgan fingerprint density at radius 1 is 0.800 bits per heavy atom. The first kappa shape index (κ1) is 19.1. The van der Waals surface area contributed by atoms with Crippen LogP contribution in [-0.4, -0.2) is 47.9 Å². The molecule has 4 rings (SSSR count). The molecule has 1 aromatic heterocycles. The van der Waals surface area contributed by atoms with E-state index >= 15 is 0 Å². The first-order valence-corrected chi connectivity index (χ1v) is 8.82. The predicted octanol–water partition coefficient (Wildman–Crippen LogP) is 2.06. The van der Waals surface area contributed by atoms with Crippen LogP contribution in [0.25, 0.3) is 11.3 Å². The van der Waals surface area contributed by atoms with Crippen molar-refractivity contribution in [3.8, 4) is 11.3 Å². The van der Waals surface area contributed by atoms with Crippen LogP contribution in [-0.2, 0) is 9.47 Å². The number of imide groups is 1. The summed E-state index contributed by atoms with van der Waals surface area (Å²) in [4.78, 5) is 51.9. The van der Waals surface area contributed by atoms with E-state index in [0.717, 1.165) is 19.0 Å². The van der Waals surface area contributed by atoms with Gasteiger partial charge in [-0.2, -0.15) is 9.80 Å². The minimum atomic E-state index is -0.957. The largest absolute Gasteiger partial charge is 0.465 e. The molecule has 9 nitrogen and oxygen atoms in total. The molecule has 0 bridgehead atoms. The molecule has 30 heavy (non-hydrogen) atoms. The highest BCUT2D eigenvalue weighted by Crippen LogP contribution is 2.30.